The first-order valence-electron chi connectivity index (χ1n) is 6.46. The van der Waals surface area contributed by atoms with Gasteiger partial charge in [-0.25, -0.2) is 0 Å². The number of carbonyl (C=O) groups excluding carboxylic acids is 1. The molecule has 1 aliphatic rings. The van der Waals surface area contributed by atoms with Crippen molar-refractivity contribution in [1.29, 1.82) is 0 Å². The van der Waals surface area contributed by atoms with Crippen molar-refractivity contribution >= 4 is 17.4 Å². The summed E-state index contributed by atoms with van der Waals surface area (Å²) in [6.45, 7) is 2.85. The highest BCUT2D eigenvalue weighted by Crippen LogP contribution is 2.28. The smallest absolute Gasteiger partial charge is 0.317 e. The SMILES string of the molecule is CC(C(=O)c1ccc2c(c1)NCCO2)N(C)CC(=O)O. The van der Waals surface area contributed by atoms with E-state index in [0.717, 1.165) is 11.4 Å². The summed E-state index contributed by atoms with van der Waals surface area (Å²) in [5.41, 5.74) is 1.35. The van der Waals surface area contributed by atoms with Crippen LogP contribution < -0.4 is 10.1 Å². The number of carbonyl (C=O) groups is 2. The van der Waals surface area contributed by atoms with Crippen molar-refractivity contribution in [2.24, 2.45) is 0 Å². The van der Waals surface area contributed by atoms with Crippen molar-refractivity contribution in [2.45, 2.75) is 13.0 Å². The Morgan fingerprint density at radius 2 is 2.25 bits per heavy atom. The van der Waals surface area contributed by atoms with Crippen LogP contribution in [0, 0.1) is 0 Å². The molecule has 1 aromatic carbocycles. The van der Waals surface area contributed by atoms with Gasteiger partial charge in [-0.3, -0.25) is 14.5 Å². The van der Waals surface area contributed by atoms with Crippen LogP contribution in [0.2, 0.25) is 0 Å². The van der Waals surface area contributed by atoms with Gasteiger partial charge in [0.1, 0.15) is 12.4 Å². The first-order chi connectivity index (χ1) is 9.49. The number of ether oxygens (including phenoxy) is 1. The number of ketones is 1. The molecule has 2 rings (SSSR count). The van der Waals surface area contributed by atoms with E-state index in [-0.39, 0.29) is 12.3 Å². The summed E-state index contributed by atoms with van der Waals surface area (Å²) in [7, 11) is 1.62. The average Bonchev–Trinajstić information content (AvgIpc) is 2.44. The van der Waals surface area contributed by atoms with Crippen LogP contribution in [0.4, 0.5) is 5.69 Å². The van der Waals surface area contributed by atoms with Crippen LogP contribution in [0.5, 0.6) is 5.75 Å². The molecule has 0 amide bonds. The fraction of sp³-hybridized carbons (Fsp3) is 0.429. The van der Waals surface area contributed by atoms with Gasteiger partial charge in [-0.2, -0.15) is 0 Å². The maximum absolute atomic E-state index is 12.4. The van der Waals surface area contributed by atoms with Gasteiger partial charge < -0.3 is 15.2 Å². The number of anilines is 1. The zero-order chi connectivity index (χ0) is 14.7. The van der Waals surface area contributed by atoms with Gasteiger partial charge in [0.15, 0.2) is 5.78 Å². The second-order valence-electron chi connectivity index (χ2n) is 4.84. The Bertz CT molecular complexity index is 530. The van der Waals surface area contributed by atoms with Crippen molar-refractivity contribution in [3.05, 3.63) is 23.8 Å². The van der Waals surface area contributed by atoms with Crippen LogP contribution in [0.3, 0.4) is 0 Å². The fourth-order valence-electron chi connectivity index (χ4n) is 2.09. The molecule has 20 heavy (non-hydrogen) atoms. The number of benzene rings is 1. The third-order valence-corrected chi connectivity index (χ3v) is 3.36. The first kappa shape index (κ1) is 14.3. The van der Waals surface area contributed by atoms with Crippen LogP contribution in [0.15, 0.2) is 18.2 Å². The third-order valence-electron chi connectivity index (χ3n) is 3.36. The molecule has 0 radical (unpaired) electrons. The van der Waals surface area contributed by atoms with Crippen LogP contribution in [0.1, 0.15) is 17.3 Å². The number of Topliss-reactive ketones (excluding diaryl/α,β-unsaturated/α-hetero) is 1. The molecule has 0 bridgehead atoms. The molecular weight excluding hydrogens is 260 g/mol. The number of aliphatic carboxylic acids is 1. The lowest BCUT2D eigenvalue weighted by Crippen LogP contribution is -2.39. The molecule has 1 heterocycles. The summed E-state index contributed by atoms with van der Waals surface area (Å²) in [4.78, 5) is 24.5. The maximum Gasteiger partial charge on any atom is 0.317 e. The number of nitrogens with zero attached hydrogens (tertiary/aromatic N) is 1. The van der Waals surface area contributed by atoms with Crippen molar-refractivity contribution in [3.63, 3.8) is 0 Å². The third kappa shape index (κ3) is 3.08. The predicted octanol–water partition coefficient (Wildman–Crippen LogP) is 1.08. The molecule has 1 atom stereocenters. The molecule has 0 aromatic heterocycles. The predicted molar refractivity (Wildman–Crippen MR) is 74.5 cm³/mol. The second kappa shape index (κ2) is 5.92. The number of nitrogens with one attached hydrogen (secondary N) is 1. The van der Waals surface area contributed by atoms with Gasteiger partial charge in [-0.1, -0.05) is 0 Å². The number of carboxylic acids is 1. The number of carboxylic acid groups (broad SMARTS) is 1. The molecule has 0 spiro atoms. The molecule has 1 aliphatic heterocycles. The van der Waals surface area contributed by atoms with Crippen molar-refractivity contribution in [1.82, 2.24) is 4.90 Å². The lowest BCUT2D eigenvalue weighted by molar-refractivity contribution is -0.138. The Morgan fingerprint density at radius 1 is 1.50 bits per heavy atom. The summed E-state index contributed by atoms with van der Waals surface area (Å²) in [6.07, 6.45) is 0. The molecule has 0 saturated carbocycles. The minimum atomic E-state index is -0.951. The number of rotatable bonds is 5. The van der Waals surface area contributed by atoms with Crippen molar-refractivity contribution in [2.75, 3.05) is 32.1 Å². The fourth-order valence-corrected chi connectivity index (χ4v) is 2.09. The van der Waals surface area contributed by atoms with E-state index in [1.165, 1.54) is 4.90 Å². The van der Waals surface area contributed by atoms with E-state index in [4.69, 9.17) is 9.84 Å². The van der Waals surface area contributed by atoms with Gasteiger partial charge in [0, 0.05) is 12.1 Å². The van der Waals surface area contributed by atoms with E-state index in [1.807, 2.05) is 0 Å². The summed E-state index contributed by atoms with van der Waals surface area (Å²) >= 11 is 0. The summed E-state index contributed by atoms with van der Waals surface area (Å²) in [5.74, 6) is -0.323. The summed E-state index contributed by atoms with van der Waals surface area (Å²) in [5, 5.41) is 11.9. The summed E-state index contributed by atoms with van der Waals surface area (Å²) in [6, 6.07) is 4.73. The second-order valence-corrected chi connectivity index (χ2v) is 4.84. The Morgan fingerprint density at radius 3 is 2.95 bits per heavy atom. The Hall–Kier alpha value is -2.08. The molecule has 2 N–H and O–H groups in total. The lowest BCUT2D eigenvalue weighted by atomic mass is 10.0. The van der Waals surface area contributed by atoms with Gasteiger partial charge in [-0.15, -0.1) is 0 Å². The number of fused-ring (bicyclic) bond motifs is 1. The van der Waals surface area contributed by atoms with Gasteiger partial charge in [0.05, 0.1) is 18.3 Å². The summed E-state index contributed by atoms with van der Waals surface area (Å²) < 4.78 is 5.46. The standard InChI is InChI=1S/C14H18N2O4/c1-9(16(2)8-13(17)18)14(19)10-3-4-12-11(7-10)15-5-6-20-12/h3-4,7,9,15H,5-6,8H2,1-2H3,(H,17,18). The molecule has 6 nitrogen and oxygen atoms in total. The quantitative estimate of drug-likeness (QED) is 0.785. The highest BCUT2D eigenvalue weighted by Gasteiger charge is 2.22. The minimum Gasteiger partial charge on any atom is -0.490 e. The van der Waals surface area contributed by atoms with Crippen LogP contribution in [-0.2, 0) is 4.79 Å². The van der Waals surface area contributed by atoms with E-state index >= 15 is 0 Å². The minimum absolute atomic E-state index is 0.107. The molecule has 108 valence electrons. The van der Waals surface area contributed by atoms with E-state index in [1.54, 1.807) is 32.2 Å². The zero-order valence-electron chi connectivity index (χ0n) is 11.5. The van der Waals surface area contributed by atoms with Crippen LogP contribution in [0.25, 0.3) is 0 Å². The van der Waals surface area contributed by atoms with Gasteiger partial charge in [-0.05, 0) is 32.2 Å². The molecule has 1 aromatic rings. The van der Waals surface area contributed by atoms with E-state index in [0.29, 0.717) is 18.7 Å². The van der Waals surface area contributed by atoms with Crippen LogP contribution in [-0.4, -0.2) is 54.5 Å². The average molecular weight is 278 g/mol. The zero-order valence-corrected chi connectivity index (χ0v) is 11.5. The van der Waals surface area contributed by atoms with E-state index in [9.17, 15) is 9.59 Å². The topological polar surface area (TPSA) is 78.9 Å². The molecule has 1 unspecified atom stereocenters. The number of likely N-dealkylation sites (N-methyl/N-ethyl adjacent to an activating group) is 1. The maximum atomic E-state index is 12.4. The van der Waals surface area contributed by atoms with E-state index < -0.39 is 12.0 Å². The molecular formula is C14H18N2O4. The van der Waals surface area contributed by atoms with Crippen molar-refractivity contribution < 1.29 is 19.4 Å². The monoisotopic (exact) mass is 278 g/mol. The highest BCUT2D eigenvalue weighted by atomic mass is 16.5. The first-order valence-corrected chi connectivity index (χ1v) is 6.46. The molecule has 0 saturated heterocycles. The normalized spacial score (nSPS) is 14.9. The number of hydrogen-bond acceptors (Lipinski definition) is 5. The lowest BCUT2D eigenvalue weighted by Gasteiger charge is -2.23. The van der Waals surface area contributed by atoms with E-state index in [2.05, 4.69) is 5.32 Å². The molecule has 0 fully saturated rings. The molecule has 0 aliphatic carbocycles. The molecule has 6 heteroatoms. The van der Waals surface area contributed by atoms with Gasteiger partial charge in [0.2, 0.25) is 0 Å². The Kier molecular flexibility index (Phi) is 4.24. The van der Waals surface area contributed by atoms with Crippen molar-refractivity contribution in [3.8, 4) is 5.75 Å². The Balaban J connectivity index is 2.14. The Labute approximate surface area is 117 Å². The van der Waals surface area contributed by atoms with Gasteiger partial charge in [0.25, 0.3) is 0 Å². The van der Waals surface area contributed by atoms with Gasteiger partial charge >= 0.3 is 5.97 Å². The van der Waals surface area contributed by atoms with Crippen LogP contribution >= 0.6 is 0 Å². The highest BCUT2D eigenvalue weighted by molar-refractivity contribution is 6.01. The number of hydrogen-bond donors (Lipinski definition) is 2. The largest absolute Gasteiger partial charge is 0.490 e.